The zero-order chi connectivity index (χ0) is 27.4. The van der Waals surface area contributed by atoms with Crippen LogP contribution in [0.1, 0.15) is 67.8 Å². The maximum atomic E-state index is 13.5. The zero-order valence-corrected chi connectivity index (χ0v) is 23.5. The summed E-state index contributed by atoms with van der Waals surface area (Å²) in [6.45, 7) is 1.53. The Morgan fingerprint density at radius 1 is 1.05 bits per heavy atom. The summed E-state index contributed by atoms with van der Waals surface area (Å²) in [4.78, 5) is 40.7. The number of nitrogens with zero attached hydrogens (tertiary/aromatic N) is 2. The van der Waals surface area contributed by atoms with Crippen molar-refractivity contribution in [2.45, 2.75) is 75.4 Å². The molecule has 11 heteroatoms. The summed E-state index contributed by atoms with van der Waals surface area (Å²) in [5, 5.41) is 3.82. The van der Waals surface area contributed by atoms with Crippen LogP contribution < -0.4 is 5.32 Å². The second-order valence-corrected chi connectivity index (χ2v) is 12.4. The quantitative estimate of drug-likeness (QED) is 0.460. The number of nitrogens with one attached hydrogen (secondary N) is 1. The van der Waals surface area contributed by atoms with Gasteiger partial charge in [-0.15, -0.1) is 0 Å². The van der Waals surface area contributed by atoms with Crippen LogP contribution >= 0.6 is 23.2 Å². The van der Waals surface area contributed by atoms with Crippen LogP contribution in [0.3, 0.4) is 0 Å². The van der Waals surface area contributed by atoms with Gasteiger partial charge in [0, 0.05) is 41.2 Å². The molecule has 0 unspecified atom stereocenters. The Labute approximate surface area is 233 Å². The fourth-order valence-electron chi connectivity index (χ4n) is 4.97. The first-order valence-electron chi connectivity index (χ1n) is 12.8. The maximum absolute atomic E-state index is 13.5. The first-order valence-corrected chi connectivity index (χ1v) is 15.0. The molecule has 38 heavy (non-hydrogen) atoms. The van der Waals surface area contributed by atoms with Crippen molar-refractivity contribution in [1.29, 1.82) is 0 Å². The van der Waals surface area contributed by atoms with E-state index in [1.54, 1.807) is 37.3 Å². The van der Waals surface area contributed by atoms with Gasteiger partial charge in [-0.1, -0.05) is 60.7 Å². The zero-order valence-electron chi connectivity index (χ0n) is 21.2. The summed E-state index contributed by atoms with van der Waals surface area (Å²) in [6.07, 6.45) is 5.10. The van der Waals surface area contributed by atoms with Crippen LogP contribution in [0.2, 0.25) is 10.0 Å². The lowest BCUT2D eigenvalue weighted by Crippen LogP contribution is -2.50. The third kappa shape index (κ3) is 6.00. The number of carbonyl (C=O) groups is 3. The van der Waals surface area contributed by atoms with E-state index in [4.69, 9.17) is 23.2 Å². The van der Waals surface area contributed by atoms with Crippen LogP contribution in [0.15, 0.2) is 47.4 Å². The first-order chi connectivity index (χ1) is 18.1. The lowest BCUT2D eigenvalue weighted by atomic mass is 9.95. The lowest BCUT2D eigenvalue weighted by Gasteiger charge is -2.32. The Morgan fingerprint density at radius 3 is 2.37 bits per heavy atom. The average molecular weight is 581 g/mol. The molecule has 1 aliphatic heterocycles. The van der Waals surface area contributed by atoms with Crippen LogP contribution in [0.25, 0.3) is 0 Å². The molecular weight excluding hydrogens is 549 g/mol. The number of fused-ring (bicyclic) bond motifs is 1. The van der Waals surface area contributed by atoms with Crippen LogP contribution in [0.5, 0.6) is 0 Å². The number of hydrogen-bond donors (Lipinski definition) is 1. The third-order valence-electron chi connectivity index (χ3n) is 7.17. The standard InChI is InChI=1S/C27H31Cl2N3O5S/c1-18(26(34)30-19-9-3-2-4-10-19)31(17-21-22(28)12-7-13-23(21)29)25(33)15-8-16-32-27(35)20-11-5-6-14-24(20)38(32,36)37/h5-7,11-14,18-19H,2-4,8-10,15-17H2,1H3,(H,30,34)/t18-/m1/s1. The molecule has 1 atom stereocenters. The number of amides is 3. The minimum atomic E-state index is -3.96. The van der Waals surface area contributed by atoms with Gasteiger partial charge in [0.05, 0.1) is 5.56 Å². The van der Waals surface area contributed by atoms with Crippen LogP contribution in [-0.2, 0) is 26.2 Å². The third-order valence-corrected chi connectivity index (χ3v) is 9.72. The molecule has 1 heterocycles. The molecule has 0 radical (unpaired) electrons. The van der Waals surface area contributed by atoms with E-state index >= 15 is 0 Å². The molecule has 1 aliphatic carbocycles. The summed E-state index contributed by atoms with van der Waals surface area (Å²) in [6, 6.07) is 10.3. The van der Waals surface area contributed by atoms with Crippen molar-refractivity contribution in [3.63, 3.8) is 0 Å². The van der Waals surface area contributed by atoms with Crippen molar-refractivity contribution >= 4 is 50.9 Å². The molecule has 1 saturated carbocycles. The molecule has 0 bridgehead atoms. The number of hydrogen-bond acceptors (Lipinski definition) is 5. The van der Waals surface area contributed by atoms with E-state index in [2.05, 4.69) is 5.32 Å². The van der Waals surface area contributed by atoms with Gasteiger partial charge in [-0.2, -0.15) is 0 Å². The Kier molecular flexibility index (Phi) is 9.00. The van der Waals surface area contributed by atoms with Gasteiger partial charge in [-0.3, -0.25) is 14.4 Å². The number of benzene rings is 2. The van der Waals surface area contributed by atoms with Crippen LogP contribution in [-0.4, -0.2) is 54.0 Å². The summed E-state index contributed by atoms with van der Waals surface area (Å²) < 4.78 is 26.5. The van der Waals surface area contributed by atoms with Gasteiger partial charge in [-0.25, -0.2) is 12.7 Å². The molecule has 1 fully saturated rings. The highest BCUT2D eigenvalue weighted by atomic mass is 35.5. The molecule has 1 N–H and O–H groups in total. The minimum absolute atomic E-state index is 0.0168. The van der Waals surface area contributed by atoms with Gasteiger partial charge in [0.15, 0.2) is 0 Å². The summed E-state index contributed by atoms with van der Waals surface area (Å²) in [5.41, 5.74) is 0.649. The summed E-state index contributed by atoms with van der Waals surface area (Å²) >= 11 is 12.7. The minimum Gasteiger partial charge on any atom is -0.352 e. The molecule has 2 aromatic carbocycles. The highest BCUT2D eigenvalue weighted by Gasteiger charge is 2.40. The van der Waals surface area contributed by atoms with Gasteiger partial charge in [0.2, 0.25) is 11.8 Å². The van der Waals surface area contributed by atoms with E-state index in [9.17, 15) is 22.8 Å². The maximum Gasteiger partial charge on any atom is 0.269 e. The first kappa shape index (κ1) is 28.4. The van der Waals surface area contributed by atoms with Crippen molar-refractivity contribution in [3.8, 4) is 0 Å². The van der Waals surface area contributed by atoms with E-state index in [0.717, 1.165) is 36.4 Å². The topological polar surface area (TPSA) is 104 Å². The number of carbonyl (C=O) groups excluding carboxylic acids is 3. The van der Waals surface area contributed by atoms with Crippen molar-refractivity contribution in [2.75, 3.05) is 6.54 Å². The molecule has 4 rings (SSSR count). The van der Waals surface area contributed by atoms with E-state index in [1.165, 1.54) is 17.0 Å². The van der Waals surface area contributed by atoms with E-state index in [-0.39, 0.29) is 54.2 Å². The molecule has 204 valence electrons. The lowest BCUT2D eigenvalue weighted by molar-refractivity contribution is -0.141. The van der Waals surface area contributed by atoms with Gasteiger partial charge >= 0.3 is 0 Å². The SMILES string of the molecule is C[C@H](C(=O)NC1CCCCC1)N(Cc1c(Cl)cccc1Cl)C(=O)CCCN1C(=O)c2ccccc2S1(=O)=O. The van der Waals surface area contributed by atoms with Gasteiger partial charge < -0.3 is 10.2 Å². The fourth-order valence-corrected chi connectivity index (χ4v) is 7.10. The molecule has 3 amide bonds. The van der Waals surface area contributed by atoms with Gasteiger partial charge in [-0.05, 0) is 50.5 Å². The molecule has 0 spiro atoms. The highest BCUT2D eigenvalue weighted by Crippen LogP contribution is 2.31. The predicted molar refractivity (Wildman–Crippen MR) is 145 cm³/mol. The van der Waals surface area contributed by atoms with Crippen molar-refractivity contribution < 1.29 is 22.8 Å². The van der Waals surface area contributed by atoms with Gasteiger partial charge in [0.25, 0.3) is 15.9 Å². The Morgan fingerprint density at radius 2 is 1.71 bits per heavy atom. The summed E-state index contributed by atoms with van der Waals surface area (Å²) in [7, 11) is -3.96. The van der Waals surface area contributed by atoms with Crippen molar-refractivity contribution in [1.82, 2.24) is 14.5 Å². The van der Waals surface area contributed by atoms with Crippen molar-refractivity contribution in [2.24, 2.45) is 0 Å². The normalized spacial score (nSPS) is 17.7. The largest absolute Gasteiger partial charge is 0.352 e. The molecule has 0 saturated heterocycles. The van der Waals surface area contributed by atoms with E-state index in [1.807, 2.05) is 0 Å². The summed E-state index contributed by atoms with van der Waals surface area (Å²) in [5.74, 6) is -1.23. The number of sulfonamides is 1. The number of rotatable bonds is 9. The average Bonchev–Trinajstić information content (AvgIpc) is 3.09. The van der Waals surface area contributed by atoms with Crippen LogP contribution in [0.4, 0.5) is 0 Å². The fraction of sp³-hybridized carbons (Fsp3) is 0.444. The molecule has 2 aliphatic rings. The van der Waals surface area contributed by atoms with Gasteiger partial charge in [0.1, 0.15) is 10.9 Å². The van der Waals surface area contributed by atoms with E-state index < -0.39 is 22.0 Å². The van der Waals surface area contributed by atoms with E-state index in [0.29, 0.717) is 15.6 Å². The smallest absolute Gasteiger partial charge is 0.269 e. The Bertz CT molecular complexity index is 1310. The number of halogens is 2. The van der Waals surface area contributed by atoms with Crippen LogP contribution in [0, 0.1) is 0 Å². The monoisotopic (exact) mass is 579 g/mol. The Hall–Kier alpha value is -2.62. The second-order valence-electron chi connectivity index (χ2n) is 9.72. The molecule has 2 aromatic rings. The van der Waals surface area contributed by atoms with Crippen molar-refractivity contribution in [3.05, 3.63) is 63.6 Å². The highest BCUT2D eigenvalue weighted by molar-refractivity contribution is 7.90. The molecular formula is C27H31Cl2N3O5S. The predicted octanol–water partition coefficient (Wildman–Crippen LogP) is 4.78. The second kappa shape index (κ2) is 12.1. The Balaban J connectivity index is 1.47. The molecule has 8 nitrogen and oxygen atoms in total. The molecule has 0 aromatic heterocycles.